The Morgan fingerprint density at radius 2 is 1.02 bits per heavy atom. The Bertz CT molecular complexity index is 2890. The maximum Gasteiger partial charge on any atom is 0.145 e. The normalized spacial score (nSPS) is 14.1. The van der Waals surface area contributed by atoms with Gasteiger partial charge in [-0.15, -0.1) is 0 Å². The fourth-order valence-corrected chi connectivity index (χ4v) is 7.78. The molecule has 9 aromatic rings. The van der Waals surface area contributed by atoms with Crippen molar-refractivity contribution in [2.75, 3.05) is 0 Å². The van der Waals surface area contributed by atoms with Crippen molar-refractivity contribution in [1.29, 1.82) is 0 Å². The Labute approximate surface area is 314 Å². The molecule has 3 nitrogen and oxygen atoms in total. The van der Waals surface area contributed by atoms with E-state index in [4.69, 9.17) is 9.98 Å². The van der Waals surface area contributed by atoms with Crippen LogP contribution in [0.2, 0.25) is 0 Å². The molecule has 254 valence electrons. The second kappa shape index (κ2) is 13.5. The molecule has 10 rings (SSSR count). The molecule has 0 amide bonds. The first kappa shape index (κ1) is 31.6. The van der Waals surface area contributed by atoms with Gasteiger partial charge in [-0.25, -0.2) is 4.98 Å². The van der Waals surface area contributed by atoms with Gasteiger partial charge in [0.1, 0.15) is 6.17 Å². The van der Waals surface area contributed by atoms with Crippen molar-refractivity contribution in [3.8, 4) is 33.4 Å². The number of aromatic nitrogens is 1. The average molecular weight is 690 g/mol. The number of rotatable bonds is 6. The van der Waals surface area contributed by atoms with Gasteiger partial charge < -0.3 is 5.32 Å². The Balaban J connectivity index is 1.08. The number of allylic oxidation sites excluding steroid dienone is 1. The van der Waals surface area contributed by atoms with Gasteiger partial charge in [0.2, 0.25) is 0 Å². The highest BCUT2D eigenvalue weighted by Gasteiger charge is 2.21. The van der Waals surface area contributed by atoms with Gasteiger partial charge in [-0.2, -0.15) is 0 Å². The van der Waals surface area contributed by atoms with Crippen molar-refractivity contribution >= 4 is 44.0 Å². The highest BCUT2D eigenvalue weighted by molar-refractivity contribution is 6.17. The van der Waals surface area contributed by atoms with Crippen molar-refractivity contribution in [1.82, 2.24) is 10.3 Å². The van der Waals surface area contributed by atoms with E-state index >= 15 is 0 Å². The average Bonchev–Trinajstić information content (AvgIpc) is 3.26. The summed E-state index contributed by atoms with van der Waals surface area (Å²) in [5.74, 6) is 0. The molecule has 1 aromatic heterocycles. The molecule has 0 radical (unpaired) electrons. The number of fused-ring (bicyclic) bond motifs is 4. The van der Waals surface area contributed by atoms with Crippen molar-refractivity contribution in [2.45, 2.75) is 6.17 Å². The van der Waals surface area contributed by atoms with E-state index in [0.717, 1.165) is 55.5 Å². The fourth-order valence-electron chi connectivity index (χ4n) is 7.78. The highest BCUT2D eigenvalue weighted by atomic mass is 15.1. The monoisotopic (exact) mass is 689 g/mol. The van der Waals surface area contributed by atoms with Gasteiger partial charge in [0.25, 0.3) is 0 Å². The van der Waals surface area contributed by atoms with E-state index < -0.39 is 0 Å². The quantitative estimate of drug-likeness (QED) is 0.139. The van der Waals surface area contributed by atoms with Crippen LogP contribution in [0.4, 0.5) is 0 Å². The number of nitrogens with zero attached hydrogens (tertiary/aromatic N) is 2. The van der Waals surface area contributed by atoms with Crippen LogP contribution in [0.25, 0.3) is 71.7 Å². The Morgan fingerprint density at radius 1 is 0.407 bits per heavy atom. The maximum absolute atomic E-state index is 5.35. The molecule has 3 heteroatoms. The van der Waals surface area contributed by atoms with Crippen molar-refractivity contribution in [2.24, 2.45) is 4.99 Å². The van der Waals surface area contributed by atoms with Crippen LogP contribution in [-0.2, 0) is 0 Å². The second-order valence-corrected chi connectivity index (χ2v) is 13.8. The number of hydrogen-bond acceptors (Lipinski definition) is 3. The van der Waals surface area contributed by atoms with E-state index in [1.54, 1.807) is 0 Å². The second-order valence-electron chi connectivity index (χ2n) is 13.8. The van der Waals surface area contributed by atoms with Gasteiger partial charge in [-0.1, -0.05) is 176 Å². The summed E-state index contributed by atoms with van der Waals surface area (Å²) in [6.07, 6.45) is 1.92. The van der Waals surface area contributed by atoms with Crippen molar-refractivity contribution in [3.05, 3.63) is 217 Å². The first-order valence-corrected chi connectivity index (χ1v) is 18.4. The van der Waals surface area contributed by atoms with E-state index in [0.29, 0.717) is 0 Å². The molecule has 0 fully saturated rings. The number of para-hydroxylation sites is 1. The maximum atomic E-state index is 5.35. The SMILES string of the molecule is C1=C(c2ccc(-c3c4ccccc4nc4c3ccc3ccccc34)cc2)NC(c2cccc(-c3ccccc3)c2)N=C1c1cccc(-c2ccccc2)c1. The van der Waals surface area contributed by atoms with E-state index in [1.807, 2.05) is 0 Å². The lowest BCUT2D eigenvalue weighted by Crippen LogP contribution is -2.25. The van der Waals surface area contributed by atoms with E-state index in [2.05, 4.69) is 206 Å². The van der Waals surface area contributed by atoms with Crippen molar-refractivity contribution < 1.29 is 0 Å². The fraction of sp³-hybridized carbons (Fsp3) is 0.0196. The number of benzene rings is 8. The molecule has 1 aliphatic rings. The Hall–Kier alpha value is -7.10. The smallest absolute Gasteiger partial charge is 0.145 e. The van der Waals surface area contributed by atoms with Gasteiger partial charge in [-0.3, -0.25) is 4.99 Å². The third-order valence-electron chi connectivity index (χ3n) is 10.5. The van der Waals surface area contributed by atoms with Crippen LogP contribution in [0, 0.1) is 0 Å². The van der Waals surface area contributed by atoms with E-state index in [9.17, 15) is 0 Å². The topological polar surface area (TPSA) is 37.3 Å². The lowest BCUT2D eigenvalue weighted by Gasteiger charge is -2.25. The molecule has 1 atom stereocenters. The standard InChI is InChI=1S/C51H35N3/c1-3-13-34(14-4-1)39-18-11-20-41(31-39)48-33-47(53-51(54-48)42-21-12-19-40(32-42)35-15-5-2-6-16-35)37-25-27-38(28-26-37)49-44-23-9-10-24-46(44)52-50-43-22-8-7-17-36(43)29-30-45(49)50/h1-33,51,53H. The van der Waals surface area contributed by atoms with Crippen LogP contribution >= 0.6 is 0 Å². The predicted molar refractivity (Wildman–Crippen MR) is 226 cm³/mol. The third-order valence-corrected chi connectivity index (χ3v) is 10.5. The number of aliphatic imine (C=N–C) groups is 1. The van der Waals surface area contributed by atoms with Crippen molar-refractivity contribution in [3.63, 3.8) is 0 Å². The molecular weight excluding hydrogens is 655 g/mol. The highest BCUT2D eigenvalue weighted by Crippen LogP contribution is 2.38. The summed E-state index contributed by atoms with van der Waals surface area (Å²) in [7, 11) is 0. The van der Waals surface area contributed by atoms with Crippen LogP contribution < -0.4 is 5.32 Å². The molecule has 0 spiro atoms. The summed E-state index contributed by atoms with van der Waals surface area (Å²) in [5.41, 5.74) is 14.4. The number of hydrogen-bond donors (Lipinski definition) is 1. The number of nitrogens with one attached hydrogen (secondary N) is 1. The largest absolute Gasteiger partial charge is 0.360 e. The minimum atomic E-state index is -0.273. The molecule has 0 bridgehead atoms. The predicted octanol–water partition coefficient (Wildman–Crippen LogP) is 12.7. The minimum absolute atomic E-state index is 0.273. The van der Waals surface area contributed by atoms with Crippen LogP contribution in [-0.4, -0.2) is 10.7 Å². The molecule has 0 saturated heterocycles. The van der Waals surface area contributed by atoms with Crippen LogP contribution in [0.15, 0.2) is 205 Å². The first-order valence-electron chi connectivity index (χ1n) is 18.4. The zero-order valence-electron chi connectivity index (χ0n) is 29.5. The summed E-state index contributed by atoms with van der Waals surface area (Å²) >= 11 is 0. The van der Waals surface area contributed by atoms with Gasteiger partial charge in [0.15, 0.2) is 0 Å². The molecule has 2 heterocycles. The molecular formula is C51H35N3. The molecule has 8 aromatic carbocycles. The summed E-state index contributed by atoms with van der Waals surface area (Å²) in [6.45, 7) is 0. The van der Waals surface area contributed by atoms with Gasteiger partial charge in [0, 0.05) is 33.0 Å². The van der Waals surface area contributed by atoms with E-state index in [-0.39, 0.29) is 6.17 Å². The molecule has 0 aliphatic carbocycles. The Kier molecular flexibility index (Phi) is 7.88. The molecule has 1 unspecified atom stereocenters. The summed E-state index contributed by atoms with van der Waals surface area (Å²) < 4.78 is 0. The molecule has 0 saturated carbocycles. The van der Waals surface area contributed by atoms with Crippen LogP contribution in [0.1, 0.15) is 22.9 Å². The van der Waals surface area contributed by atoms with Crippen LogP contribution in [0.3, 0.4) is 0 Å². The molecule has 1 N–H and O–H groups in total. The Morgan fingerprint density at radius 3 is 1.80 bits per heavy atom. The van der Waals surface area contributed by atoms with Gasteiger partial charge >= 0.3 is 0 Å². The van der Waals surface area contributed by atoms with E-state index in [1.165, 1.54) is 38.6 Å². The molecule has 1 aliphatic heterocycles. The van der Waals surface area contributed by atoms with Gasteiger partial charge in [0.05, 0.1) is 16.7 Å². The summed E-state index contributed by atoms with van der Waals surface area (Å²) in [5, 5.41) is 8.48. The summed E-state index contributed by atoms with van der Waals surface area (Å²) in [6, 6.07) is 68.9. The lowest BCUT2D eigenvalue weighted by molar-refractivity contribution is 0.664. The number of pyridine rings is 1. The minimum Gasteiger partial charge on any atom is -0.360 e. The van der Waals surface area contributed by atoms with Gasteiger partial charge in [-0.05, 0) is 68.6 Å². The lowest BCUT2D eigenvalue weighted by atomic mass is 9.93. The zero-order chi connectivity index (χ0) is 35.8. The zero-order valence-corrected chi connectivity index (χ0v) is 29.5. The summed E-state index contributed by atoms with van der Waals surface area (Å²) in [4.78, 5) is 10.5. The van der Waals surface area contributed by atoms with Crippen LogP contribution in [0.5, 0.6) is 0 Å². The molecule has 54 heavy (non-hydrogen) atoms. The first-order chi connectivity index (χ1) is 26.7. The third kappa shape index (κ3) is 5.82.